The van der Waals surface area contributed by atoms with E-state index in [0.29, 0.717) is 0 Å². The molecule has 0 aliphatic heterocycles. The van der Waals surface area contributed by atoms with E-state index in [4.69, 9.17) is 5.73 Å². The number of nitrogens with two attached hydrogens (primary N) is 1. The van der Waals surface area contributed by atoms with Crippen molar-refractivity contribution in [2.24, 2.45) is 11.7 Å². The van der Waals surface area contributed by atoms with Gasteiger partial charge < -0.3 is 5.73 Å². The summed E-state index contributed by atoms with van der Waals surface area (Å²) in [6.45, 7) is 9.08. The first-order valence-corrected chi connectivity index (χ1v) is 12.7. The van der Waals surface area contributed by atoms with Gasteiger partial charge in [-0.15, -0.1) is 0 Å². The lowest BCUT2D eigenvalue weighted by molar-refractivity contribution is 0.473. The van der Waals surface area contributed by atoms with Gasteiger partial charge in [0.15, 0.2) is 0 Å². The zero-order chi connectivity index (χ0) is 20.2. The third kappa shape index (κ3) is 15.2. The molecule has 0 heterocycles. The standard InChI is InChI=1S/C26H53N/c1-5-9-10-11-12-13-14-15-16-17-18-19-20-21-22-23-24(6-2)25(7-3)26(27)8-4/h24H,5-23,27H2,1-4H3. The van der Waals surface area contributed by atoms with Crippen molar-refractivity contribution in [2.75, 3.05) is 0 Å². The smallest absolute Gasteiger partial charge is 0.00723 e. The molecule has 27 heavy (non-hydrogen) atoms. The van der Waals surface area contributed by atoms with Crippen LogP contribution in [0.4, 0.5) is 0 Å². The Hall–Kier alpha value is -0.460. The zero-order valence-corrected chi connectivity index (χ0v) is 19.6. The van der Waals surface area contributed by atoms with Crippen molar-refractivity contribution in [3.63, 3.8) is 0 Å². The molecule has 0 rings (SSSR count). The van der Waals surface area contributed by atoms with Gasteiger partial charge in [0, 0.05) is 5.70 Å². The molecule has 162 valence electrons. The molecule has 0 saturated heterocycles. The van der Waals surface area contributed by atoms with Crippen molar-refractivity contribution in [1.82, 2.24) is 0 Å². The quantitative estimate of drug-likeness (QED) is 0.209. The molecule has 0 aromatic heterocycles. The average molecular weight is 380 g/mol. The molecule has 1 unspecified atom stereocenters. The molecule has 0 aromatic carbocycles. The summed E-state index contributed by atoms with van der Waals surface area (Å²) in [6.07, 6.45) is 26.4. The highest BCUT2D eigenvalue weighted by molar-refractivity contribution is 5.13. The summed E-state index contributed by atoms with van der Waals surface area (Å²) in [6, 6.07) is 0. The number of rotatable bonds is 20. The molecule has 0 aliphatic carbocycles. The molecular weight excluding hydrogens is 326 g/mol. The molecule has 1 heteroatoms. The molecule has 0 aliphatic rings. The van der Waals surface area contributed by atoms with E-state index in [9.17, 15) is 0 Å². The van der Waals surface area contributed by atoms with Crippen LogP contribution in [0, 0.1) is 5.92 Å². The highest BCUT2D eigenvalue weighted by Gasteiger charge is 2.13. The molecular formula is C26H53N. The lowest BCUT2D eigenvalue weighted by Gasteiger charge is -2.20. The highest BCUT2D eigenvalue weighted by atomic mass is 14.6. The van der Waals surface area contributed by atoms with Gasteiger partial charge in [0.25, 0.3) is 0 Å². The van der Waals surface area contributed by atoms with Crippen LogP contribution >= 0.6 is 0 Å². The molecule has 0 radical (unpaired) electrons. The fourth-order valence-corrected chi connectivity index (χ4v) is 4.39. The molecule has 1 nitrogen and oxygen atoms in total. The van der Waals surface area contributed by atoms with Gasteiger partial charge >= 0.3 is 0 Å². The molecule has 0 saturated carbocycles. The van der Waals surface area contributed by atoms with Crippen molar-refractivity contribution < 1.29 is 0 Å². The van der Waals surface area contributed by atoms with Crippen LogP contribution in [0.3, 0.4) is 0 Å². The third-order valence-corrected chi connectivity index (χ3v) is 6.32. The Bertz CT molecular complexity index is 331. The summed E-state index contributed by atoms with van der Waals surface area (Å²) in [5.41, 5.74) is 8.94. The maximum Gasteiger partial charge on any atom is 0.00723 e. The fraction of sp³-hybridized carbons (Fsp3) is 0.923. The first kappa shape index (κ1) is 26.5. The second-order valence-corrected chi connectivity index (χ2v) is 8.60. The Morgan fingerprint density at radius 2 is 0.963 bits per heavy atom. The monoisotopic (exact) mass is 379 g/mol. The topological polar surface area (TPSA) is 26.0 Å². The van der Waals surface area contributed by atoms with Crippen LogP contribution in [-0.2, 0) is 0 Å². The number of unbranched alkanes of at least 4 members (excludes halogenated alkanes) is 14. The summed E-state index contributed by atoms with van der Waals surface area (Å²) < 4.78 is 0. The Balaban J connectivity index is 3.49. The van der Waals surface area contributed by atoms with Crippen LogP contribution in [0.15, 0.2) is 11.3 Å². The number of allylic oxidation sites excluding steroid dienone is 2. The van der Waals surface area contributed by atoms with Crippen LogP contribution < -0.4 is 5.73 Å². The summed E-state index contributed by atoms with van der Waals surface area (Å²) in [4.78, 5) is 0. The minimum atomic E-state index is 0.733. The van der Waals surface area contributed by atoms with Crippen LogP contribution in [-0.4, -0.2) is 0 Å². The molecule has 0 spiro atoms. The van der Waals surface area contributed by atoms with E-state index in [1.807, 2.05) is 0 Å². The zero-order valence-electron chi connectivity index (χ0n) is 19.6. The molecule has 0 bridgehead atoms. The lowest BCUT2D eigenvalue weighted by Crippen LogP contribution is -2.10. The van der Waals surface area contributed by atoms with Crippen LogP contribution in [0.2, 0.25) is 0 Å². The van der Waals surface area contributed by atoms with Gasteiger partial charge in [-0.25, -0.2) is 0 Å². The molecule has 0 amide bonds. The molecule has 0 fully saturated rings. The van der Waals surface area contributed by atoms with Crippen molar-refractivity contribution in [3.05, 3.63) is 11.3 Å². The van der Waals surface area contributed by atoms with Gasteiger partial charge in [0.05, 0.1) is 0 Å². The first-order valence-electron chi connectivity index (χ1n) is 12.7. The van der Waals surface area contributed by atoms with E-state index >= 15 is 0 Å². The molecule has 2 N–H and O–H groups in total. The van der Waals surface area contributed by atoms with Gasteiger partial charge in [-0.3, -0.25) is 0 Å². The van der Waals surface area contributed by atoms with E-state index in [1.54, 1.807) is 5.57 Å². The van der Waals surface area contributed by atoms with Crippen molar-refractivity contribution in [2.45, 2.75) is 150 Å². The first-order chi connectivity index (χ1) is 13.2. The van der Waals surface area contributed by atoms with E-state index in [0.717, 1.165) is 24.5 Å². The molecule has 0 aromatic rings. The predicted molar refractivity (Wildman–Crippen MR) is 125 cm³/mol. The van der Waals surface area contributed by atoms with Crippen LogP contribution in [0.1, 0.15) is 150 Å². The second-order valence-electron chi connectivity index (χ2n) is 8.60. The van der Waals surface area contributed by atoms with Gasteiger partial charge in [0.2, 0.25) is 0 Å². The predicted octanol–water partition coefficient (Wildman–Crippen LogP) is 9.31. The van der Waals surface area contributed by atoms with E-state index < -0.39 is 0 Å². The van der Waals surface area contributed by atoms with E-state index in [2.05, 4.69) is 27.7 Å². The summed E-state index contributed by atoms with van der Waals surface area (Å²) in [5.74, 6) is 0.733. The van der Waals surface area contributed by atoms with Gasteiger partial charge in [-0.05, 0) is 37.2 Å². The lowest BCUT2D eigenvalue weighted by atomic mass is 9.87. The SMILES string of the molecule is CCCCCCCCCCCCCCCCCC(CC)C(CC)=C(N)CC. The Morgan fingerprint density at radius 1 is 0.556 bits per heavy atom. The van der Waals surface area contributed by atoms with Crippen LogP contribution in [0.5, 0.6) is 0 Å². The highest BCUT2D eigenvalue weighted by Crippen LogP contribution is 2.27. The third-order valence-electron chi connectivity index (χ3n) is 6.32. The van der Waals surface area contributed by atoms with Crippen LogP contribution in [0.25, 0.3) is 0 Å². The maximum absolute atomic E-state index is 6.24. The average Bonchev–Trinajstić information content (AvgIpc) is 2.69. The largest absolute Gasteiger partial charge is 0.402 e. The van der Waals surface area contributed by atoms with E-state index in [1.165, 1.54) is 109 Å². The minimum absolute atomic E-state index is 0.733. The van der Waals surface area contributed by atoms with Gasteiger partial charge in [-0.2, -0.15) is 0 Å². The maximum atomic E-state index is 6.24. The number of hydrogen-bond acceptors (Lipinski definition) is 1. The second kappa shape index (κ2) is 20.3. The normalized spacial score (nSPS) is 13.6. The summed E-state index contributed by atoms with van der Waals surface area (Å²) >= 11 is 0. The fourth-order valence-electron chi connectivity index (χ4n) is 4.39. The number of hydrogen-bond donors (Lipinski definition) is 1. The molecule has 1 atom stereocenters. The van der Waals surface area contributed by atoms with Crippen molar-refractivity contribution in [1.29, 1.82) is 0 Å². The summed E-state index contributed by atoms with van der Waals surface area (Å²) in [5, 5.41) is 0. The Morgan fingerprint density at radius 3 is 1.30 bits per heavy atom. The Labute approximate surface area is 173 Å². The van der Waals surface area contributed by atoms with E-state index in [-0.39, 0.29) is 0 Å². The van der Waals surface area contributed by atoms with Gasteiger partial charge in [-0.1, -0.05) is 124 Å². The summed E-state index contributed by atoms with van der Waals surface area (Å²) in [7, 11) is 0. The minimum Gasteiger partial charge on any atom is -0.402 e. The van der Waals surface area contributed by atoms with Crippen molar-refractivity contribution in [3.8, 4) is 0 Å². The van der Waals surface area contributed by atoms with Gasteiger partial charge in [0.1, 0.15) is 0 Å². The van der Waals surface area contributed by atoms with Crippen molar-refractivity contribution >= 4 is 0 Å². The Kier molecular flexibility index (Phi) is 19.9.